The number of benzene rings is 1. The average Bonchev–Trinajstić information content (AvgIpc) is 3.12. The Hall–Kier alpha value is -1.78. The first-order chi connectivity index (χ1) is 12.0. The number of aliphatic hydroxyl groups excluding tert-OH is 1. The summed E-state index contributed by atoms with van der Waals surface area (Å²) in [5.41, 5.74) is 1.08. The predicted octanol–water partition coefficient (Wildman–Crippen LogP) is 3.84. The summed E-state index contributed by atoms with van der Waals surface area (Å²) in [5.74, 6) is 0.250. The molecule has 0 fully saturated rings. The molecule has 25 heavy (non-hydrogen) atoms. The van der Waals surface area contributed by atoms with Crippen LogP contribution in [0.25, 0.3) is 0 Å². The van der Waals surface area contributed by atoms with Crippen molar-refractivity contribution in [1.82, 2.24) is 9.88 Å². The van der Waals surface area contributed by atoms with Crippen molar-refractivity contribution in [1.29, 1.82) is 0 Å². The number of rotatable bonds is 9. The molecule has 1 aromatic carbocycles. The van der Waals surface area contributed by atoms with Gasteiger partial charge in [0.05, 0.1) is 12.6 Å². The van der Waals surface area contributed by atoms with E-state index in [4.69, 9.17) is 11.6 Å². The Morgan fingerprint density at radius 2 is 1.88 bits per heavy atom. The molecule has 5 heteroatoms. The minimum atomic E-state index is -0.199. The lowest BCUT2D eigenvalue weighted by Crippen LogP contribution is -2.42. The van der Waals surface area contributed by atoms with Crippen molar-refractivity contribution in [3.63, 3.8) is 0 Å². The first kappa shape index (κ1) is 19.5. The van der Waals surface area contributed by atoms with Gasteiger partial charge >= 0.3 is 0 Å². The molecule has 4 nitrogen and oxygen atoms in total. The smallest absolute Gasteiger partial charge is 0.220 e. The van der Waals surface area contributed by atoms with E-state index in [2.05, 4.69) is 16.8 Å². The standard InChI is InChI=1S/C20H27ClN2O2/c1-3-15(2)19(14-24)22-20(25)12-17(13-23-10-4-5-11-23)16-6-8-18(21)9-7-16/h4-11,15,17,19,24H,3,12-14H2,1-2H3,(H,22,25)/t15-,17+,19-/m0/s1. The van der Waals surface area contributed by atoms with Gasteiger partial charge in [0.1, 0.15) is 0 Å². The average molecular weight is 363 g/mol. The number of amides is 1. The summed E-state index contributed by atoms with van der Waals surface area (Å²) < 4.78 is 2.07. The molecular formula is C20H27ClN2O2. The summed E-state index contributed by atoms with van der Waals surface area (Å²) >= 11 is 5.99. The predicted molar refractivity (Wildman–Crippen MR) is 102 cm³/mol. The summed E-state index contributed by atoms with van der Waals surface area (Å²) in [6.45, 7) is 4.78. The highest BCUT2D eigenvalue weighted by Gasteiger charge is 2.21. The summed E-state index contributed by atoms with van der Waals surface area (Å²) in [6.07, 6.45) is 5.27. The number of hydrogen-bond donors (Lipinski definition) is 2. The fraction of sp³-hybridized carbons (Fsp3) is 0.450. The fourth-order valence-corrected chi connectivity index (χ4v) is 3.04. The molecule has 2 aromatic rings. The lowest BCUT2D eigenvalue weighted by atomic mass is 9.94. The molecule has 0 unspecified atom stereocenters. The van der Waals surface area contributed by atoms with Crippen molar-refractivity contribution in [2.24, 2.45) is 5.92 Å². The van der Waals surface area contributed by atoms with E-state index < -0.39 is 0 Å². The molecule has 0 spiro atoms. The third-order valence-corrected chi connectivity index (χ3v) is 5.00. The molecular weight excluding hydrogens is 336 g/mol. The number of aliphatic hydroxyl groups is 1. The van der Waals surface area contributed by atoms with E-state index in [0.717, 1.165) is 18.5 Å². The van der Waals surface area contributed by atoms with Crippen molar-refractivity contribution in [2.45, 2.75) is 45.2 Å². The second-order valence-electron chi connectivity index (χ2n) is 6.57. The number of hydrogen-bond acceptors (Lipinski definition) is 2. The van der Waals surface area contributed by atoms with E-state index >= 15 is 0 Å². The Balaban J connectivity index is 2.09. The van der Waals surface area contributed by atoms with Crippen LogP contribution in [-0.4, -0.2) is 28.2 Å². The van der Waals surface area contributed by atoms with Gasteiger partial charge in [-0.15, -0.1) is 0 Å². The van der Waals surface area contributed by atoms with E-state index in [1.54, 1.807) is 0 Å². The maximum absolute atomic E-state index is 12.6. The monoisotopic (exact) mass is 362 g/mol. The summed E-state index contributed by atoms with van der Waals surface area (Å²) in [6, 6.07) is 11.4. The maximum atomic E-state index is 12.6. The van der Waals surface area contributed by atoms with Crippen molar-refractivity contribution in [2.75, 3.05) is 6.61 Å². The zero-order chi connectivity index (χ0) is 18.2. The molecule has 1 aromatic heterocycles. The number of nitrogens with one attached hydrogen (secondary N) is 1. The lowest BCUT2D eigenvalue weighted by Gasteiger charge is -2.24. The van der Waals surface area contributed by atoms with E-state index in [9.17, 15) is 9.90 Å². The van der Waals surface area contributed by atoms with Gasteiger partial charge in [-0.25, -0.2) is 0 Å². The molecule has 0 bridgehead atoms. The van der Waals surface area contributed by atoms with E-state index in [1.165, 1.54) is 0 Å². The lowest BCUT2D eigenvalue weighted by molar-refractivity contribution is -0.123. The van der Waals surface area contributed by atoms with Crippen molar-refractivity contribution >= 4 is 17.5 Å². The minimum absolute atomic E-state index is 0.0357. The van der Waals surface area contributed by atoms with Gasteiger partial charge in [0.25, 0.3) is 0 Å². The molecule has 1 amide bonds. The maximum Gasteiger partial charge on any atom is 0.220 e. The van der Waals surface area contributed by atoms with Gasteiger partial charge in [-0.1, -0.05) is 44.0 Å². The van der Waals surface area contributed by atoms with E-state index in [-0.39, 0.29) is 30.4 Å². The van der Waals surface area contributed by atoms with Crippen molar-refractivity contribution in [3.05, 3.63) is 59.4 Å². The molecule has 0 aliphatic carbocycles. The highest BCUT2D eigenvalue weighted by molar-refractivity contribution is 6.30. The van der Waals surface area contributed by atoms with Gasteiger partial charge in [0.2, 0.25) is 5.91 Å². The summed E-state index contributed by atoms with van der Waals surface area (Å²) in [5, 5.41) is 13.2. The number of nitrogens with zero attached hydrogens (tertiary/aromatic N) is 1. The van der Waals surface area contributed by atoms with Gasteiger partial charge in [0, 0.05) is 36.3 Å². The van der Waals surface area contributed by atoms with E-state index in [0.29, 0.717) is 11.4 Å². The van der Waals surface area contributed by atoms with Crippen LogP contribution in [0.3, 0.4) is 0 Å². The van der Waals surface area contributed by atoms with Crippen molar-refractivity contribution in [3.8, 4) is 0 Å². The highest BCUT2D eigenvalue weighted by atomic mass is 35.5. The van der Waals surface area contributed by atoms with Gasteiger partial charge in [0.15, 0.2) is 0 Å². The number of carbonyl (C=O) groups excluding carboxylic acids is 1. The largest absolute Gasteiger partial charge is 0.394 e. The topological polar surface area (TPSA) is 54.3 Å². The van der Waals surface area contributed by atoms with Crippen LogP contribution in [0.4, 0.5) is 0 Å². The van der Waals surface area contributed by atoms with Crippen LogP contribution < -0.4 is 5.32 Å². The van der Waals surface area contributed by atoms with Gasteiger partial charge in [-0.05, 0) is 35.7 Å². The minimum Gasteiger partial charge on any atom is -0.394 e. The Morgan fingerprint density at radius 1 is 1.24 bits per heavy atom. The third-order valence-electron chi connectivity index (χ3n) is 4.74. The number of halogens is 1. The zero-order valence-corrected chi connectivity index (χ0v) is 15.6. The molecule has 0 saturated heterocycles. The Bertz CT molecular complexity index is 640. The SMILES string of the molecule is CC[C@H](C)[C@H](CO)NC(=O)C[C@H](Cn1cccc1)c1ccc(Cl)cc1. The van der Waals surface area contributed by atoms with Gasteiger partial charge in [-0.2, -0.15) is 0 Å². The Kier molecular flexibility index (Phi) is 7.53. The molecule has 0 aliphatic heterocycles. The van der Waals surface area contributed by atoms with Crippen LogP contribution in [0.15, 0.2) is 48.8 Å². The Labute approximate surface area is 154 Å². The second kappa shape index (κ2) is 9.64. The van der Waals surface area contributed by atoms with Gasteiger partial charge in [-0.3, -0.25) is 4.79 Å². The quantitative estimate of drug-likeness (QED) is 0.712. The molecule has 0 aliphatic rings. The molecule has 0 radical (unpaired) electrons. The van der Waals surface area contributed by atoms with Gasteiger partial charge < -0.3 is 15.0 Å². The number of carbonyl (C=O) groups is 1. The number of aromatic nitrogens is 1. The first-order valence-corrected chi connectivity index (χ1v) is 9.17. The van der Waals surface area contributed by atoms with Crippen LogP contribution in [0.1, 0.15) is 38.2 Å². The highest BCUT2D eigenvalue weighted by Crippen LogP contribution is 2.24. The first-order valence-electron chi connectivity index (χ1n) is 8.80. The molecule has 2 N–H and O–H groups in total. The van der Waals surface area contributed by atoms with E-state index in [1.807, 2.05) is 55.7 Å². The molecule has 2 rings (SSSR count). The molecule has 3 atom stereocenters. The Morgan fingerprint density at radius 3 is 2.44 bits per heavy atom. The fourth-order valence-electron chi connectivity index (χ4n) is 2.91. The second-order valence-corrected chi connectivity index (χ2v) is 7.01. The summed E-state index contributed by atoms with van der Waals surface area (Å²) in [7, 11) is 0. The molecule has 136 valence electrons. The third kappa shape index (κ3) is 5.91. The molecule has 1 heterocycles. The normalized spacial score (nSPS) is 14.7. The molecule has 0 saturated carbocycles. The zero-order valence-electron chi connectivity index (χ0n) is 14.9. The van der Waals surface area contributed by atoms with Crippen LogP contribution in [0.2, 0.25) is 5.02 Å². The summed E-state index contributed by atoms with van der Waals surface area (Å²) in [4.78, 5) is 12.6. The van der Waals surface area contributed by atoms with Crippen LogP contribution in [-0.2, 0) is 11.3 Å². The van der Waals surface area contributed by atoms with Crippen LogP contribution in [0, 0.1) is 5.92 Å². The van der Waals surface area contributed by atoms with Crippen LogP contribution in [0.5, 0.6) is 0 Å². The van der Waals surface area contributed by atoms with Crippen molar-refractivity contribution < 1.29 is 9.90 Å². The van der Waals surface area contributed by atoms with Crippen LogP contribution >= 0.6 is 11.6 Å².